The van der Waals surface area contributed by atoms with Gasteiger partial charge in [0.1, 0.15) is 11.3 Å². The number of fused-ring (bicyclic) bond motifs is 1. The number of Topliss-reactive ketones (excluding diaryl/α,β-unsaturated/α-hetero) is 1. The molecule has 0 bridgehead atoms. The fourth-order valence-electron chi connectivity index (χ4n) is 7.06. The van der Waals surface area contributed by atoms with Gasteiger partial charge in [0, 0.05) is 24.2 Å². The summed E-state index contributed by atoms with van der Waals surface area (Å²) in [6, 6.07) is 0. The quantitative estimate of drug-likeness (QED) is 0.572. The second-order valence-electron chi connectivity index (χ2n) is 10.5. The summed E-state index contributed by atoms with van der Waals surface area (Å²) < 4.78 is 21.4. The number of esters is 1. The third-order valence-electron chi connectivity index (χ3n) is 9.01. The Kier molecular flexibility index (Phi) is 6.76. The summed E-state index contributed by atoms with van der Waals surface area (Å²) >= 11 is 0. The van der Waals surface area contributed by atoms with E-state index in [1.165, 1.54) is 6.92 Å². The number of allylic oxidation sites excluding steroid dienone is 2. The van der Waals surface area contributed by atoms with Crippen LogP contribution in [0.4, 0.5) is 4.39 Å². The number of ketones is 2. The summed E-state index contributed by atoms with van der Waals surface area (Å²) in [4.78, 5) is 36.0. The van der Waals surface area contributed by atoms with Crippen LogP contribution < -0.4 is 0 Å². The number of alkyl halides is 1. The lowest BCUT2D eigenvalue weighted by Gasteiger charge is -2.61. The van der Waals surface area contributed by atoms with Gasteiger partial charge in [0.2, 0.25) is 5.78 Å². The van der Waals surface area contributed by atoms with Crippen LogP contribution in [0.3, 0.4) is 0 Å². The van der Waals surface area contributed by atoms with E-state index in [1.807, 2.05) is 6.92 Å². The zero-order valence-electron chi connectivity index (χ0n) is 19.7. The first-order chi connectivity index (χ1) is 14.8. The summed E-state index contributed by atoms with van der Waals surface area (Å²) in [5.74, 6) is -1.47. The molecule has 0 heterocycles. The molecule has 0 saturated heterocycles. The van der Waals surface area contributed by atoms with Crippen LogP contribution in [-0.2, 0) is 19.1 Å². The molecule has 6 atom stereocenters. The highest BCUT2D eigenvalue weighted by molar-refractivity contribution is 5.91. The van der Waals surface area contributed by atoms with Crippen molar-refractivity contribution in [2.45, 2.75) is 103 Å². The Morgan fingerprint density at radius 2 is 1.97 bits per heavy atom. The average molecular weight is 453 g/mol. The largest absolute Gasteiger partial charge is 0.458 e. The molecular weight excluding hydrogens is 415 g/mol. The lowest BCUT2D eigenvalue weighted by atomic mass is 9.46. The summed E-state index contributed by atoms with van der Waals surface area (Å²) in [6.45, 7) is 5.97. The van der Waals surface area contributed by atoms with Gasteiger partial charge >= 0.3 is 5.97 Å². The molecule has 0 aromatic heterocycles. The molecular formula is C25H37FO6. The van der Waals surface area contributed by atoms with Crippen LogP contribution in [0, 0.1) is 16.7 Å². The summed E-state index contributed by atoms with van der Waals surface area (Å²) in [6.07, 6.45) is 4.10. The third kappa shape index (κ3) is 3.75. The maximum Gasteiger partial charge on any atom is 0.303 e. The molecule has 0 aromatic carbocycles. The normalized spacial score (nSPS) is 41.7. The van der Waals surface area contributed by atoms with Crippen molar-refractivity contribution in [3.05, 3.63) is 11.6 Å². The first-order valence-corrected chi connectivity index (χ1v) is 11.8. The molecule has 2 N–H and O–H groups in total. The van der Waals surface area contributed by atoms with Crippen molar-refractivity contribution >= 4 is 17.5 Å². The van der Waals surface area contributed by atoms with Crippen LogP contribution in [0.15, 0.2) is 11.6 Å². The van der Waals surface area contributed by atoms with E-state index in [4.69, 9.17) is 4.74 Å². The summed E-state index contributed by atoms with van der Waals surface area (Å²) in [5, 5.41) is 22.6. The number of carbonyl (C=O) groups is 3. The minimum absolute atomic E-state index is 0.0406. The Bertz CT molecular complexity index is 823. The molecule has 0 aromatic rings. The predicted molar refractivity (Wildman–Crippen MR) is 116 cm³/mol. The van der Waals surface area contributed by atoms with Crippen molar-refractivity contribution in [1.29, 1.82) is 0 Å². The first kappa shape index (κ1) is 25.0. The zero-order valence-corrected chi connectivity index (χ0v) is 19.7. The zero-order chi connectivity index (χ0) is 23.9. The molecule has 0 aliphatic heterocycles. The molecule has 2 fully saturated rings. The van der Waals surface area contributed by atoms with Crippen LogP contribution >= 0.6 is 0 Å². The molecule has 6 nitrogen and oxygen atoms in total. The van der Waals surface area contributed by atoms with E-state index in [0.29, 0.717) is 25.7 Å². The number of rotatable bonds is 7. The number of carbonyl (C=O) groups excluding carboxylic acids is 3. The Hall–Kier alpha value is -1.60. The summed E-state index contributed by atoms with van der Waals surface area (Å²) in [7, 11) is 0. The van der Waals surface area contributed by atoms with E-state index in [9.17, 15) is 24.6 Å². The van der Waals surface area contributed by atoms with Crippen LogP contribution in [0.25, 0.3) is 0 Å². The van der Waals surface area contributed by atoms with E-state index < -0.39 is 46.6 Å². The highest BCUT2D eigenvalue weighted by atomic mass is 19.1. The standard InChI is InChI=1S/C25H37FO6/c1-5-24(26)20(29)14-23(4)19(10-12-25(23,31)21(30)15-32-16(2)27)22(24,3)11-9-17-7-6-8-18(28)13-17/h13,19-20,29,31H,5-12,14-15H2,1-4H3/t19-,20-,22-,23-,24+,25-/m0/s1. The van der Waals surface area contributed by atoms with E-state index in [-0.39, 0.29) is 31.0 Å². The molecule has 7 heteroatoms. The van der Waals surface area contributed by atoms with Crippen LogP contribution in [0.5, 0.6) is 0 Å². The minimum Gasteiger partial charge on any atom is -0.458 e. The van der Waals surface area contributed by atoms with Gasteiger partial charge in [0.15, 0.2) is 12.4 Å². The van der Waals surface area contributed by atoms with Crippen molar-refractivity contribution in [3.8, 4) is 0 Å². The fourth-order valence-corrected chi connectivity index (χ4v) is 7.06. The first-order valence-electron chi connectivity index (χ1n) is 11.8. The van der Waals surface area contributed by atoms with E-state index in [1.54, 1.807) is 19.9 Å². The molecule has 32 heavy (non-hydrogen) atoms. The summed E-state index contributed by atoms with van der Waals surface area (Å²) in [5.41, 5.74) is -4.73. The van der Waals surface area contributed by atoms with Gasteiger partial charge in [-0.25, -0.2) is 4.39 Å². The Labute approximate surface area is 189 Å². The monoisotopic (exact) mass is 452 g/mol. The van der Waals surface area contributed by atoms with Crippen LogP contribution in [-0.4, -0.2) is 51.7 Å². The SMILES string of the molecule is CC[C@@]1(F)[C@@H](O)C[C@@]2(C)[C@@H](CC[C@]2(O)C(=O)COC(C)=O)[C@]1(C)CCC1=CC(=O)CCC1. The van der Waals surface area contributed by atoms with Crippen molar-refractivity contribution in [3.63, 3.8) is 0 Å². The van der Waals surface area contributed by atoms with Gasteiger partial charge in [-0.05, 0) is 63.4 Å². The van der Waals surface area contributed by atoms with Gasteiger partial charge < -0.3 is 14.9 Å². The molecule has 2 saturated carbocycles. The van der Waals surface area contributed by atoms with Crippen molar-refractivity contribution < 1.29 is 33.7 Å². The molecule has 3 aliphatic rings. The molecule has 0 unspecified atom stereocenters. The highest BCUT2D eigenvalue weighted by Crippen LogP contribution is 2.69. The third-order valence-corrected chi connectivity index (χ3v) is 9.01. The minimum atomic E-state index is -1.87. The molecule has 0 amide bonds. The average Bonchev–Trinajstić information content (AvgIpc) is 3.01. The number of ether oxygens (including phenoxy) is 1. The number of aliphatic hydroxyl groups excluding tert-OH is 1. The van der Waals surface area contributed by atoms with Gasteiger partial charge in [-0.15, -0.1) is 0 Å². The van der Waals surface area contributed by atoms with Crippen molar-refractivity contribution in [2.75, 3.05) is 6.61 Å². The van der Waals surface area contributed by atoms with E-state index in [2.05, 4.69) is 0 Å². The molecule has 180 valence electrons. The van der Waals surface area contributed by atoms with Gasteiger partial charge in [-0.3, -0.25) is 14.4 Å². The van der Waals surface area contributed by atoms with Gasteiger partial charge in [0.25, 0.3) is 0 Å². The van der Waals surface area contributed by atoms with Gasteiger partial charge in [0.05, 0.1) is 6.10 Å². The number of hydrogen-bond acceptors (Lipinski definition) is 6. The molecule has 0 spiro atoms. The van der Waals surface area contributed by atoms with Crippen LogP contribution in [0.2, 0.25) is 0 Å². The Morgan fingerprint density at radius 3 is 2.56 bits per heavy atom. The maximum absolute atomic E-state index is 16.5. The molecule has 3 aliphatic carbocycles. The number of aliphatic hydroxyl groups is 2. The van der Waals surface area contributed by atoms with Crippen molar-refractivity contribution in [1.82, 2.24) is 0 Å². The van der Waals surface area contributed by atoms with Gasteiger partial charge in [-0.2, -0.15) is 0 Å². The predicted octanol–water partition coefficient (Wildman–Crippen LogP) is 3.61. The number of halogens is 1. The van der Waals surface area contributed by atoms with Crippen LogP contribution in [0.1, 0.15) is 85.5 Å². The lowest BCUT2D eigenvalue weighted by molar-refractivity contribution is -0.224. The van der Waals surface area contributed by atoms with E-state index in [0.717, 1.165) is 18.4 Å². The second-order valence-corrected chi connectivity index (χ2v) is 10.5. The topological polar surface area (TPSA) is 101 Å². The number of hydrogen-bond donors (Lipinski definition) is 2. The molecule has 0 radical (unpaired) electrons. The van der Waals surface area contributed by atoms with Crippen molar-refractivity contribution in [2.24, 2.45) is 16.7 Å². The Balaban J connectivity index is 1.95. The highest BCUT2D eigenvalue weighted by Gasteiger charge is 2.73. The fraction of sp³-hybridized carbons (Fsp3) is 0.800. The Morgan fingerprint density at radius 1 is 1.28 bits per heavy atom. The maximum atomic E-state index is 16.5. The smallest absolute Gasteiger partial charge is 0.303 e. The second kappa shape index (κ2) is 8.64. The lowest BCUT2D eigenvalue weighted by Crippen LogP contribution is -2.67. The van der Waals surface area contributed by atoms with Gasteiger partial charge in [-0.1, -0.05) is 26.3 Å². The molecule has 3 rings (SSSR count). The van der Waals surface area contributed by atoms with E-state index >= 15 is 4.39 Å².